The van der Waals surface area contributed by atoms with Crippen LogP contribution in [-0.4, -0.2) is 8.07 Å². The Hall–Kier alpha value is -2.64. The highest BCUT2D eigenvalue weighted by Gasteiger charge is 2.47. The second-order valence-corrected chi connectivity index (χ2v) is 13.5. The molecule has 2 aliphatic carbocycles. The van der Waals surface area contributed by atoms with Crippen LogP contribution < -0.4 is 0 Å². The molecule has 1 unspecified atom stereocenters. The number of hydrogen-bond acceptors (Lipinski definition) is 0. The first-order valence-corrected chi connectivity index (χ1v) is 13.4. The molecule has 5 rings (SSSR count). The van der Waals surface area contributed by atoms with E-state index >= 15 is 0 Å². The predicted octanol–water partition coefficient (Wildman–Crippen LogP) is 7.34. The van der Waals surface area contributed by atoms with Crippen LogP contribution in [0.25, 0.3) is 16.7 Å². The summed E-state index contributed by atoms with van der Waals surface area (Å²) in [5, 5.41) is 0. The lowest BCUT2D eigenvalue weighted by molar-refractivity contribution is 1.03. The third-order valence-electron chi connectivity index (χ3n) is 6.75. The van der Waals surface area contributed by atoms with Crippen molar-refractivity contribution in [2.45, 2.75) is 30.6 Å². The number of allylic oxidation sites excluding steroid dienone is 3. The Balaban J connectivity index is 1.69. The van der Waals surface area contributed by atoms with E-state index in [4.69, 9.17) is 0 Å². The molecule has 0 radical (unpaired) electrons. The van der Waals surface area contributed by atoms with E-state index in [1.807, 2.05) is 6.08 Å². The van der Waals surface area contributed by atoms with Crippen molar-refractivity contribution in [3.63, 3.8) is 0 Å². The number of fused-ring (bicyclic) bond motifs is 4. The maximum absolute atomic E-state index is 3.99. The number of rotatable bonds is 4. The average Bonchev–Trinajstić information content (AvgIpc) is 3.25. The third-order valence-corrected chi connectivity index (χ3v) is 10.9. The summed E-state index contributed by atoms with van der Waals surface area (Å²) in [6.45, 7) is 9.17. The topological polar surface area (TPSA) is 0 Å². The van der Waals surface area contributed by atoms with Gasteiger partial charge in [-0.2, -0.15) is 0 Å². The Labute approximate surface area is 169 Å². The molecule has 3 aromatic rings. The Bertz CT molecular complexity index is 1060. The molecule has 0 aliphatic heterocycles. The molecule has 0 N–H and O–H groups in total. The minimum absolute atomic E-state index is 0.525. The molecule has 1 atom stereocenters. The Morgan fingerprint density at radius 1 is 0.750 bits per heavy atom. The van der Waals surface area contributed by atoms with E-state index in [0.717, 1.165) is 6.42 Å². The van der Waals surface area contributed by atoms with Crippen LogP contribution in [0, 0.1) is 0 Å². The van der Waals surface area contributed by atoms with Gasteiger partial charge < -0.3 is 0 Å². The molecule has 0 fully saturated rings. The largest absolute Gasteiger partial charge is 0.103 e. The van der Waals surface area contributed by atoms with E-state index in [0.29, 0.717) is 11.1 Å². The second-order valence-electron chi connectivity index (χ2n) is 8.68. The van der Waals surface area contributed by atoms with Crippen molar-refractivity contribution in [1.29, 1.82) is 0 Å². The highest BCUT2D eigenvalue weighted by molar-refractivity contribution is 6.81. The SMILES string of the molecule is C=CCC1=CC([Si](C)(C)C2c3ccccc3-c3ccccc32)c2ccccc21. The van der Waals surface area contributed by atoms with Gasteiger partial charge in [0, 0.05) is 5.54 Å². The zero-order valence-corrected chi connectivity index (χ0v) is 17.7. The van der Waals surface area contributed by atoms with Crippen molar-refractivity contribution < 1.29 is 0 Å². The lowest BCUT2D eigenvalue weighted by Crippen LogP contribution is -2.41. The van der Waals surface area contributed by atoms with Crippen LogP contribution in [0.1, 0.15) is 39.8 Å². The standard InChI is InChI=1S/C27H26Si/c1-4-11-19-18-26(23-15-8-5-12-20(19)23)28(2,3)27-24-16-9-6-13-21(24)22-14-7-10-17-25(22)27/h4-10,12-18,26-27H,1,11H2,2-3H3. The Morgan fingerprint density at radius 3 is 1.82 bits per heavy atom. The maximum atomic E-state index is 3.99. The van der Waals surface area contributed by atoms with Gasteiger partial charge in [0.25, 0.3) is 0 Å². The van der Waals surface area contributed by atoms with E-state index in [1.54, 1.807) is 0 Å². The van der Waals surface area contributed by atoms with Gasteiger partial charge in [0.15, 0.2) is 0 Å². The van der Waals surface area contributed by atoms with Crippen LogP contribution in [0.15, 0.2) is 91.5 Å². The van der Waals surface area contributed by atoms with Crippen LogP contribution in [0.2, 0.25) is 13.1 Å². The second kappa shape index (κ2) is 6.46. The summed E-state index contributed by atoms with van der Waals surface area (Å²) in [5.41, 5.74) is 11.4. The van der Waals surface area contributed by atoms with Crippen molar-refractivity contribution in [3.8, 4) is 11.1 Å². The van der Waals surface area contributed by atoms with Crippen LogP contribution in [0.3, 0.4) is 0 Å². The molecular weight excluding hydrogens is 352 g/mol. The summed E-state index contributed by atoms with van der Waals surface area (Å²) >= 11 is 0. The van der Waals surface area contributed by atoms with Crippen molar-refractivity contribution in [1.82, 2.24) is 0 Å². The molecule has 2 aliphatic rings. The van der Waals surface area contributed by atoms with Crippen molar-refractivity contribution >= 4 is 13.6 Å². The van der Waals surface area contributed by atoms with E-state index < -0.39 is 8.07 Å². The molecule has 0 aromatic heterocycles. The van der Waals surface area contributed by atoms with Gasteiger partial charge in [0.2, 0.25) is 0 Å². The summed E-state index contributed by atoms with van der Waals surface area (Å²) in [7, 11) is -1.77. The monoisotopic (exact) mass is 378 g/mol. The van der Waals surface area contributed by atoms with Crippen LogP contribution >= 0.6 is 0 Å². The zero-order chi connectivity index (χ0) is 19.3. The average molecular weight is 379 g/mol. The summed E-state index contributed by atoms with van der Waals surface area (Å²) in [6.07, 6.45) is 5.57. The van der Waals surface area contributed by atoms with Crippen molar-refractivity contribution in [2.24, 2.45) is 0 Å². The molecule has 0 amide bonds. The van der Waals surface area contributed by atoms with E-state index in [-0.39, 0.29) is 0 Å². The summed E-state index contributed by atoms with van der Waals surface area (Å²) in [5.74, 6) is 0. The first kappa shape index (κ1) is 17.5. The van der Waals surface area contributed by atoms with Gasteiger partial charge in [-0.15, -0.1) is 6.58 Å². The Morgan fingerprint density at radius 2 is 1.25 bits per heavy atom. The van der Waals surface area contributed by atoms with Gasteiger partial charge in [-0.1, -0.05) is 98.0 Å². The molecule has 1 heteroatoms. The lowest BCUT2D eigenvalue weighted by Gasteiger charge is -2.36. The summed E-state index contributed by atoms with van der Waals surface area (Å²) in [4.78, 5) is 0. The predicted molar refractivity (Wildman–Crippen MR) is 123 cm³/mol. The molecule has 28 heavy (non-hydrogen) atoms. The zero-order valence-electron chi connectivity index (χ0n) is 16.7. The minimum atomic E-state index is -1.77. The normalized spacial score (nSPS) is 17.6. The molecule has 138 valence electrons. The minimum Gasteiger partial charge on any atom is -0.103 e. The smallest absolute Gasteiger partial charge is 0.0723 e. The van der Waals surface area contributed by atoms with Gasteiger partial charge in [-0.05, 0) is 50.9 Å². The van der Waals surface area contributed by atoms with E-state index in [2.05, 4.69) is 98.5 Å². The molecular formula is C27H26Si. The van der Waals surface area contributed by atoms with Gasteiger partial charge in [0.1, 0.15) is 0 Å². The van der Waals surface area contributed by atoms with Crippen LogP contribution in [-0.2, 0) is 0 Å². The maximum Gasteiger partial charge on any atom is 0.0723 e. The quantitative estimate of drug-likeness (QED) is 0.329. The van der Waals surface area contributed by atoms with Crippen molar-refractivity contribution in [2.75, 3.05) is 0 Å². The van der Waals surface area contributed by atoms with Crippen LogP contribution in [0.5, 0.6) is 0 Å². The number of benzene rings is 3. The third kappa shape index (κ3) is 2.43. The molecule has 0 saturated heterocycles. The highest BCUT2D eigenvalue weighted by atomic mass is 28.3. The van der Waals surface area contributed by atoms with Crippen LogP contribution in [0.4, 0.5) is 0 Å². The first-order chi connectivity index (χ1) is 13.6. The van der Waals surface area contributed by atoms with E-state index in [1.165, 1.54) is 39.0 Å². The highest BCUT2D eigenvalue weighted by Crippen LogP contribution is 2.54. The van der Waals surface area contributed by atoms with E-state index in [9.17, 15) is 0 Å². The lowest BCUT2D eigenvalue weighted by atomic mass is 10.0. The Kier molecular flexibility index (Phi) is 4.03. The molecule has 3 aromatic carbocycles. The van der Waals surface area contributed by atoms with Crippen molar-refractivity contribution in [3.05, 3.63) is 114 Å². The fraction of sp³-hybridized carbons (Fsp3) is 0.185. The molecule has 0 saturated carbocycles. The molecule has 0 bridgehead atoms. The van der Waals surface area contributed by atoms with Gasteiger partial charge in [0.05, 0.1) is 8.07 Å². The molecule has 0 spiro atoms. The summed E-state index contributed by atoms with van der Waals surface area (Å²) < 4.78 is 0. The fourth-order valence-corrected chi connectivity index (χ4v) is 9.68. The van der Waals surface area contributed by atoms with Gasteiger partial charge >= 0.3 is 0 Å². The van der Waals surface area contributed by atoms with Gasteiger partial charge in [-0.25, -0.2) is 0 Å². The fourth-order valence-electron chi connectivity index (χ4n) is 5.53. The number of hydrogen-bond donors (Lipinski definition) is 0. The summed E-state index contributed by atoms with van der Waals surface area (Å²) in [6, 6.07) is 27.2. The molecule has 0 nitrogen and oxygen atoms in total. The molecule has 0 heterocycles. The first-order valence-electron chi connectivity index (χ1n) is 10.2. The van der Waals surface area contributed by atoms with Gasteiger partial charge in [-0.3, -0.25) is 0 Å².